The fourth-order valence-electron chi connectivity index (χ4n) is 2.77. The predicted molar refractivity (Wildman–Crippen MR) is 84.6 cm³/mol. The summed E-state index contributed by atoms with van der Waals surface area (Å²) in [6, 6.07) is 4.85. The minimum atomic E-state index is -0.263. The normalized spacial score (nSPS) is 23.2. The van der Waals surface area contributed by atoms with Gasteiger partial charge >= 0.3 is 0 Å². The number of benzene rings is 1. The van der Waals surface area contributed by atoms with Crippen molar-refractivity contribution >= 4 is 29.1 Å². The Labute approximate surface area is 135 Å². The Morgan fingerprint density at radius 1 is 1.43 bits per heavy atom. The number of halogens is 2. The van der Waals surface area contributed by atoms with Crippen LogP contribution in [0.15, 0.2) is 18.2 Å². The lowest BCUT2D eigenvalue weighted by Crippen LogP contribution is -2.43. The molecular formula is C15H20Cl2N2O2. The highest BCUT2D eigenvalue weighted by Crippen LogP contribution is 2.35. The average Bonchev–Trinajstić information content (AvgIpc) is 2.58. The lowest BCUT2D eigenvalue weighted by atomic mass is 9.96. The van der Waals surface area contributed by atoms with Crippen molar-refractivity contribution in [2.75, 3.05) is 20.3 Å². The Morgan fingerprint density at radius 2 is 2.19 bits per heavy atom. The molecule has 1 saturated heterocycles. The molecule has 1 aromatic carbocycles. The molecule has 116 valence electrons. The lowest BCUT2D eigenvalue weighted by molar-refractivity contribution is -0.134. The Hall–Kier alpha value is -0.810. The predicted octanol–water partition coefficient (Wildman–Crippen LogP) is 3.02. The fourth-order valence-corrected chi connectivity index (χ4v) is 3.18. The molecule has 1 aliphatic rings. The van der Waals surface area contributed by atoms with Crippen molar-refractivity contribution in [1.29, 1.82) is 0 Å². The van der Waals surface area contributed by atoms with Gasteiger partial charge in [0.1, 0.15) is 0 Å². The number of nitrogens with two attached hydrogens (primary N) is 1. The van der Waals surface area contributed by atoms with Crippen molar-refractivity contribution in [3.63, 3.8) is 0 Å². The number of nitrogens with zero attached hydrogens (tertiary/aromatic N) is 1. The van der Waals surface area contributed by atoms with E-state index in [-0.39, 0.29) is 18.0 Å². The monoisotopic (exact) mass is 330 g/mol. The second-order valence-electron chi connectivity index (χ2n) is 5.25. The summed E-state index contributed by atoms with van der Waals surface area (Å²) in [6.07, 6.45) is 2.08. The van der Waals surface area contributed by atoms with Crippen LogP contribution in [0.4, 0.5) is 0 Å². The minimum absolute atomic E-state index is 0.0843. The molecule has 4 nitrogen and oxygen atoms in total. The zero-order valence-corrected chi connectivity index (χ0v) is 13.5. The van der Waals surface area contributed by atoms with Crippen molar-refractivity contribution in [2.45, 2.75) is 31.3 Å². The second-order valence-corrected chi connectivity index (χ2v) is 6.09. The first kappa shape index (κ1) is 16.6. The molecule has 6 heteroatoms. The molecule has 0 spiro atoms. The number of carbonyl (C=O) groups is 1. The van der Waals surface area contributed by atoms with E-state index in [1.807, 2.05) is 0 Å². The van der Waals surface area contributed by atoms with E-state index < -0.39 is 0 Å². The Balaban J connectivity index is 2.41. The highest BCUT2D eigenvalue weighted by molar-refractivity contribution is 6.33. The molecule has 1 aliphatic heterocycles. The molecule has 21 heavy (non-hydrogen) atoms. The first-order valence-corrected chi connectivity index (χ1v) is 7.79. The maximum Gasteiger partial charge on any atom is 0.223 e. The number of rotatable bonds is 4. The maximum atomic E-state index is 12.4. The van der Waals surface area contributed by atoms with E-state index in [4.69, 9.17) is 33.7 Å². The van der Waals surface area contributed by atoms with E-state index in [1.54, 1.807) is 30.2 Å². The number of ether oxygens (including phenoxy) is 1. The van der Waals surface area contributed by atoms with Crippen molar-refractivity contribution < 1.29 is 9.53 Å². The SMILES string of the molecule is COCCN1C(=O)CCCC(N)C1c1cc(Cl)ccc1Cl. The van der Waals surface area contributed by atoms with Crippen molar-refractivity contribution in [2.24, 2.45) is 5.73 Å². The molecule has 0 radical (unpaired) electrons. The van der Waals surface area contributed by atoms with E-state index >= 15 is 0 Å². The number of hydrogen-bond acceptors (Lipinski definition) is 3. The topological polar surface area (TPSA) is 55.6 Å². The zero-order valence-electron chi connectivity index (χ0n) is 12.0. The Bertz CT molecular complexity index is 510. The Morgan fingerprint density at radius 3 is 2.90 bits per heavy atom. The molecule has 1 aromatic rings. The van der Waals surface area contributed by atoms with Gasteiger partial charge in [0.2, 0.25) is 5.91 Å². The summed E-state index contributed by atoms with van der Waals surface area (Å²) in [5, 5.41) is 1.17. The molecular weight excluding hydrogens is 311 g/mol. The van der Waals surface area contributed by atoms with Gasteiger partial charge < -0.3 is 15.4 Å². The largest absolute Gasteiger partial charge is 0.383 e. The van der Waals surface area contributed by atoms with Crippen LogP contribution in [0.5, 0.6) is 0 Å². The highest BCUT2D eigenvalue weighted by atomic mass is 35.5. The zero-order chi connectivity index (χ0) is 15.4. The third-order valence-electron chi connectivity index (χ3n) is 3.80. The van der Waals surface area contributed by atoms with Crippen LogP contribution in [-0.2, 0) is 9.53 Å². The second kappa shape index (κ2) is 7.45. The van der Waals surface area contributed by atoms with Crippen LogP contribution in [0.25, 0.3) is 0 Å². The summed E-state index contributed by atoms with van der Waals surface area (Å²) in [4.78, 5) is 14.2. The quantitative estimate of drug-likeness (QED) is 0.923. The van der Waals surface area contributed by atoms with E-state index in [0.717, 1.165) is 18.4 Å². The van der Waals surface area contributed by atoms with Crippen LogP contribution in [0.2, 0.25) is 10.0 Å². The molecule has 1 amide bonds. The van der Waals surface area contributed by atoms with Gasteiger partial charge in [-0.3, -0.25) is 4.79 Å². The summed E-state index contributed by atoms with van der Waals surface area (Å²) in [6.45, 7) is 0.962. The van der Waals surface area contributed by atoms with Gasteiger partial charge in [0.05, 0.1) is 12.6 Å². The lowest BCUT2D eigenvalue weighted by Gasteiger charge is -2.34. The first-order chi connectivity index (χ1) is 10.0. The number of methoxy groups -OCH3 is 1. The summed E-state index contributed by atoms with van der Waals surface area (Å²) < 4.78 is 5.11. The molecule has 0 aromatic heterocycles. The van der Waals surface area contributed by atoms with E-state index in [2.05, 4.69) is 0 Å². The summed E-state index contributed by atoms with van der Waals surface area (Å²) in [5.41, 5.74) is 7.13. The summed E-state index contributed by atoms with van der Waals surface area (Å²) in [5.74, 6) is 0.0843. The van der Waals surface area contributed by atoms with Gasteiger partial charge in [-0.25, -0.2) is 0 Å². The van der Waals surface area contributed by atoms with E-state index in [0.29, 0.717) is 29.6 Å². The molecule has 2 rings (SSSR count). The Kier molecular flexibility index (Phi) is 5.88. The molecule has 0 saturated carbocycles. The molecule has 2 atom stereocenters. The van der Waals surface area contributed by atoms with Gasteiger partial charge in [0.25, 0.3) is 0 Å². The van der Waals surface area contributed by atoms with Gasteiger partial charge in [0.15, 0.2) is 0 Å². The molecule has 1 fully saturated rings. The number of likely N-dealkylation sites (tertiary alicyclic amines) is 1. The first-order valence-electron chi connectivity index (χ1n) is 7.03. The van der Waals surface area contributed by atoms with Gasteiger partial charge in [-0.1, -0.05) is 23.2 Å². The van der Waals surface area contributed by atoms with Crippen molar-refractivity contribution in [1.82, 2.24) is 4.90 Å². The van der Waals surface area contributed by atoms with Crippen LogP contribution >= 0.6 is 23.2 Å². The minimum Gasteiger partial charge on any atom is -0.383 e. The standard InChI is InChI=1S/C15H20Cl2N2O2/c1-21-8-7-19-14(20)4-2-3-13(18)15(19)11-9-10(16)5-6-12(11)17/h5-6,9,13,15H,2-4,7-8,18H2,1H3. The molecule has 2 N–H and O–H groups in total. The highest BCUT2D eigenvalue weighted by Gasteiger charge is 2.33. The van der Waals surface area contributed by atoms with Gasteiger partial charge in [-0.15, -0.1) is 0 Å². The van der Waals surface area contributed by atoms with Crippen molar-refractivity contribution in [3.05, 3.63) is 33.8 Å². The summed E-state index contributed by atoms with van der Waals surface area (Å²) >= 11 is 12.4. The average molecular weight is 331 g/mol. The third kappa shape index (κ3) is 3.89. The van der Waals surface area contributed by atoms with Crippen LogP contribution in [0, 0.1) is 0 Å². The smallest absolute Gasteiger partial charge is 0.223 e. The van der Waals surface area contributed by atoms with Gasteiger partial charge in [0, 0.05) is 36.2 Å². The van der Waals surface area contributed by atoms with Crippen molar-refractivity contribution in [3.8, 4) is 0 Å². The van der Waals surface area contributed by atoms with Crippen LogP contribution in [0.1, 0.15) is 30.9 Å². The number of hydrogen-bond donors (Lipinski definition) is 1. The molecule has 1 heterocycles. The maximum absolute atomic E-state index is 12.4. The van der Waals surface area contributed by atoms with Crippen LogP contribution < -0.4 is 5.73 Å². The number of carbonyl (C=O) groups excluding carboxylic acids is 1. The van der Waals surface area contributed by atoms with E-state index in [9.17, 15) is 4.79 Å². The van der Waals surface area contributed by atoms with E-state index in [1.165, 1.54) is 0 Å². The molecule has 0 bridgehead atoms. The van der Waals surface area contributed by atoms with Gasteiger partial charge in [-0.2, -0.15) is 0 Å². The molecule has 0 aliphatic carbocycles. The fraction of sp³-hybridized carbons (Fsp3) is 0.533. The molecule has 2 unspecified atom stereocenters. The number of amides is 1. The third-order valence-corrected chi connectivity index (χ3v) is 4.38. The summed E-state index contributed by atoms with van der Waals surface area (Å²) in [7, 11) is 1.61. The van der Waals surface area contributed by atoms with Crippen LogP contribution in [0.3, 0.4) is 0 Å². The van der Waals surface area contributed by atoms with Crippen LogP contribution in [-0.4, -0.2) is 37.1 Å². The van der Waals surface area contributed by atoms with Gasteiger partial charge in [-0.05, 0) is 36.6 Å².